The van der Waals surface area contributed by atoms with Crippen LogP contribution in [0.5, 0.6) is 0 Å². The van der Waals surface area contributed by atoms with Crippen LogP contribution < -0.4 is 21.3 Å². The van der Waals surface area contributed by atoms with Gasteiger partial charge in [-0.15, -0.1) is 0 Å². The molecule has 84 heavy (non-hydrogen) atoms. The number of nitrogens with zero attached hydrogens (tertiary/aromatic N) is 4. The Morgan fingerprint density at radius 1 is 0.583 bits per heavy atom. The van der Waals surface area contributed by atoms with E-state index in [4.69, 9.17) is 0 Å². The number of ketones is 1. The molecule has 0 spiro atoms. The van der Waals surface area contributed by atoms with Crippen LogP contribution in [0.4, 0.5) is 0 Å². The molecule has 4 N–H and O–H groups in total. The van der Waals surface area contributed by atoms with Gasteiger partial charge >= 0.3 is 0 Å². The van der Waals surface area contributed by atoms with E-state index in [-0.39, 0.29) is 110 Å². The van der Waals surface area contributed by atoms with E-state index in [0.29, 0.717) is 56.3 Å². The Bertz CT molecular complexity index is 2710. The van der Waals surface area contributed by atoms with Gasteiger partial charge in [-0.2, -0.15) is 0 Å². The molecule has 0 aromatic heterocycles. The molecule has 16 heteroatoms. The molecule has 2 saturated carbocycles. The van der Waals surface area contributed by atoms with Gasteiger partial charge in [0.05, 0.1) is 18.1 Å². The number of likely N-dealkylation sites (N-methyl/N-ethyl adjacent to an activating group) is 1. The topological polar surface area (TPSA) is 198 Å². The Kier molecular flexibility index (Phi) is 22.7. The summed E-state index contributed by atoms with van der Waals surface area (Å²) >= 11 is 0. The summed E-state index contributed by atoms with van der Waals surface area (Å²) < 4.78 is 0. The maximum Gasteiger partial charge on any atom is 0.253 e. The molecular weight excluding hydrogens is 1060 g/mol. The van der Waals surface area contributed by atoms with Crippen molar-refractivity contribution in [3.05, 3.63) is 119 Å². The lowest BCUT2D eigenvalue weighted by atomic mass is 9.76. The molecule has 4 aromatic rings. The van der Waals surface area contributed by atoms with Gasteiger partial charge in [0.25, 0.3) is 11.8 Å². The van der Waals surface area contributed by atoms with Crippen molar-refractivity contribution in [1.29, 1.82) is 0 Å². The molecule has 8 rings (SSSR count). The third-order valence-electron chi connectivity index (χ3n) is 18.6. The highest BCUT2D eigenvalue weighted by atomic mass is 16.2. The number of carbonyl (C=O) groups is 8. The molecule has 2 aliphatic heterocycles. The summed E-state index contributed by atoms with van der Waals surface area (Å²) in [6, 6.07) is 28.3. The monoisotopic (exact) mass is 1150 g/mol. The Morgan fingerprint density at radius 2 is 1.04 bits per heavy atom. The molecular formula is C68H92N8O8. The first-order valence-electron chi connectivity index (χ1n) is 31.4. The van der Waals surface area contributed by atoms with Crippen molar-refractivity contribution in [1.82, 2.24) is 40.9 Å². The highest BCUT2D eigenvalue weighted by Crippen LogP contribution is 2.36. The van der Waals surface area contributed by atoms with Gasteiger partial charge in [-0.1, -0.05) is 125 Å². The minimum Gasteiger partial charge on any atom is -0.352 e. The van der Waals surface area contributed by atoms with E-state index in [2.05, 4.69) is 21.3 Å². The summed E-state index contributed by atoms with van der Waals surface area (Å²) in [7, 11) is 1.75. The maximum absolute atomic E-state index is 15.1. The van der Waals surface area contributed by atoms with E-state index in [1.807, 2.05) is 125 Å². The zero-order valence-electron chi connectivity index (χ0n) is 50.6. The molecule has 4 aliphatic rings. The number of Topliss-reactive ketones (excluding diaryl/α,β-unsaturated/α-hetero) is 1. The lowest BCUT2D eigenvalue weighted by Crippen LogP contribution is -2.56. The number of likely N-dealkylation sites (tertiary alicyclic amines) is 2. The Balaban J connectivity index is 1.07. The normalized spacial score (nSPS) is 20.8. The summed E-state index contributed by atoms with van der Waals surface area (Å²) in [4.78, 5) is 120. The fourth-order valence-electron chi connectivity index (χ4n) is 13.5. The summed E-state index contributed by atoms with van der Waals surface area (Å²) in [6.07, 6.45) is 12.4. The smallest absolute Gasteiger partial charge is 0.253 e. The van der Waals surface area contributed by atoms with Gasteiger partial charge in [-0.3, -0.25) is 38.4 Å². The minimum atomic E-state index is -0.713. The highest BCUT2D eigenvalue weighted by molar-refractivity contribution is 6.02. The zero-order chi connectivity index (χ0) is 59.9. The van der Waals surface area contributed by atoms with E-state index in [0.717, 1.165) is 86.1 Å². The van der Waals surface area contributed by atoms with Crippen LogP contribution in [0.2, 0.25) is 0 Å². The second-order valence-electron chi connectivity index (χ2n) is 24.7. The van der Waals surface area contributed by atoms with Crippen LogP contribution in [-0.2, 0) is 41.6 Å². The van der Waals surface area contributed by atoms with Crippen molar-refractivity contribution in [2.45, 2.75) is 174 Å². The van der Waals surface area contributed by atoms with E-state index in [1.165, 1.54) is 13.8 Å². The van der Waals surface area contributed by atoms with Gasteiger partial charge in [0.2, 0.25) is 29.5 Å². The van der Waals surface area contributed by atoms with Gasteiger partial charge in [0.15, 0.2) is 0 Å². The molecule has 0 bridgehead atoms. The number of hydrogen-bond donors (Lipinski definition) is 4. The minimum absolute atomic E-state index is 0.00559. The molecule has 2 heterocycles. The number of amides is 7. The van der Waals surface area contributed by atoms with Crippen LogP contribution in [0.1, 0.15) is 156 Å². The average molecular weight is 1150 g/mol. The first kappa shape index (κ1) is 63.1. The highest BCUT2D eigenvalue weighted by Gasteiger charge is 2.45. The Hall–Kier alpha value is -6.94. The molecule has 0 radical (unpaired) electrons. The van der Waals surface area contributed by atoms with Gasteiger partial charge in [-0.05, 0) is 130 Å². The molecule has 2 saturated heterocycles. The summed E-state index contributed by atoms with van der Waals surface area (Å²) in [5.74, 6) is -1.94. The molecule has 2 aliphatic carbocycles. The second kappa shape index (κ2) is 30.2. The molecule has 16 nitrogen and oxygen atoms in total. The van der Waals surface area contributed by atoms with Crippen molar-refractivity contribution < 1.29 is 38.4 Å². The van der Waals surface area contributed by atoms with Gasteiger partial charge < -0.3 is 40.9 Å². The Morgan fingerprint density at radius 3 is 1.48 bits per heavy atom. The average Bonchev–Trinajstić information content (AvgIpc) is 3.66. The predicted octanol–water partition coefficient (Wildman–Crippen LogP) is 8.30. The van der Waals surface area contributed by atoms with E-state index >= 15 is 19.2 Å². The second-order valence-corrected chi connectivity index (χ2v) is 24.7. The first-order chi connectivity index (χ1) is 40.5. The van der Waals surface area contributed by atoms with Gasteiger partial charge in [-0.25, -0.2) is 0 Å². The number of rotatable bonds is 25. The van der Waals surface area contributed by atoms with E-state index < -0.39 is 30.1 Å². The fraction of sp³-hybridized carbons (Fsp3) is 0.559. The number of carbonyl (C=O) groups excluding carboxylic acids is 8. The van der Waals surface area contributed by atoms with Crippen LogP contribution in [0.15, 0.2) is 97.1 Å². The molecule has 8 atom stereocenters. The number of fused-ring (bicyclic) bond motifs is 1. The van der Waals surface area contributed by atoms with Crippen molar-refractivity contribution in [2.24, 2.45) is 23.7 Å². The van der Waals surface area contributed by atoms with Crippen LogP contribution in [0.3, 0.4) is 0 Å². The zero-order valence-corrected chi connectivity index (χ0v) is 50.6. The molecule has 7 amide bonds. The lowest BCUT2D eigenvalue weighted by molar-refractivity contribution is -0.142. The molecule has 452 valence electrons. The van der Waals surface area contributed by atoms with Crippen molar-refractivity contribution in [2.75, 3.05) is 46.3 Å². The van der Waals surface area contributed by atoms with E-state index in [1.54, 1.807) is 19.2 Å². The number of benzene rings is 4. The molecule has 0 unspecified atom stereocenters. The van der Waals surface area contributed by atoms with Crippen LogP contribution in [0.25, 0.3) is 10.8 Å². The maximum atomic E-state index is 15.1. The third kappa shape index (κ3) is 16.7. The molecule has 4 aromatic carbocycles. The van der Waals surface area contributed by atoms with E-state index in [9.17, 15) is 19.2 Å². The number of nitrogens with one attached hydrogen (secondary N) is 4. The predicted molar refractivity (Wildman–Crippen MR) is 328 cm³/mol. The van der Waals surface area contributed by atoms with Crippen LogP contribution in [-0.4, -0.2) is 149 Å². The quantitative estimate of drug-likeness (QED) is 0.0505. The van der Waals surface area contributed by atoms with Crippen molar-refractivity contribution >= 4 is 57.9 Å². The van der Waals surface area contributed by atoms with Crippen molar-refractivity contribution in [3.63, 3.8) is 0 Å². The van der Waals surface area contributed by atoms with Crippen molar-refractivity contribution in [3.8, 4) is 0 Å². The number of hydrogen-bond acceptors (Lipinski definition) is 9. The van der Waals surface area contributed by atoms with Crippen LogP contribution in [0, 0.1) is 23.7 Å². The summed E-state index contributed by atoms with van der Waals surface area (Å²) in [5.41, 5.74) is 3.01. The third-order valence-corrected chi connectivity index (χ3v) is 18.6. The molecule has 4 fully saturated rings. The first-order valence-corrected chi connectivity index (χ1v) is 31.4. The standard InChI is InChI=1S/C68H92N8O8/c1-7-45(2)64(80)72-63(52-26-18-11-19-27-52)68(84)76-42-58(71-48(5)78)39-60(76)44-74(35-33-50-22-14-9-15-23-50)66(82)56-31-29-53-36-55(30-28-54(53)37-56)65(81)73(34-32-49-20-12-8-13-21-49)43-59-38-57(70-47(4)77)41-75(59)67(83)61(40-62(79)46(3)69-6)51-24-16-10-17-25-51/h8-9,12-15,20-23,28-31,36-37,45-46,51-52,57-61,63,69H,7,10-11,16-19,24-27,32-35,38-44H2,1-6H3,(H,70,77)(H,71,78)(H,72,80)/t45-,46+,57+,58+,59+,60+,61+,63+/m1/s1. The SMILES string of the molecule is CC[C@@H](C)C(=O)N[C@H](C(=O)N1C[C@@H](NC(C)=O)C[C@H]1CN(CCc1ccccc1)C(=O)c1ccc2cc(C(=O)N(CCc3ccccc3)C[C@@H]3C[C@H](NC(C)=O)CN3C(=O)[C@@H](CC(=O)[C@H](C)NC)C3CCCCC3)ccc2c1)C1CCCCC1. The van der Waals surface area contributed by atoms with Gasteiger partial charge in [0.1, 0.15) is 11.8 Å². The summed E-state index contributed by atoms with van der Waals surface area (Å²) in [5, 5.41) is 13.9. The lowest BCUT2D eigenvalue weighted by Gasteiger charge is -2.37. The fourth-order valence-corrected chi connectivity index (χ4v) is 13.5. The Labute approximate surface area is 498 Å². The van der Waals surface area contributed by atoms with Crippen LogP contribution >= 0.6 is 0 Å². The largest absolute Gasteiger partial charge is 0.352 e. The van der Waals surface area contributed by atoms with Gasteiger partial charge in [0, 0.05) is 94.6 Å². The summed E-state index contributed by atoms with van der Waals surface area (Å²) in [6.45, 7) is 10.3.